The van der Waals surface area contributed by atoms with Crippen molar-refractivity contribution in [1.82, 2.24) is 4.90 Å². The van der Waals surface area contributed by atoms with Gasteiger partial charge in [-0.1, -0.05) is 25.1 Å². The van der Waals surface area contributed by atoms with E-state index in [1.807, 2.05) is 39.0 Å². The summed E-state index contributed by atoms with van der Waals surface area (Å²) in [4.78, 5) is 25.4. The van der Waals surface area contributed by atoms with Crippen LogP contribution in [0.15, 0.2) is 18.2 Å². The van der Waals surface area contributed by atoms with Crippen molar-refractivity contribution in [1.29, 1.82) is 0 Å². The third-order valence-electron chi connectivity index (χ3n) is 4.05. The van der Waals surface area contributed by atoms with Crippen molar-refractivity contribution in [2.45, 2.75) is 39.7 Å². The van der Waals surface area contributed by atoms with Gasteiger partial charge in [-0.05, 0) is 37.0 Å². The van der Waals surface area contributed by atoms with Crippen molar-refractivity contribution in [2.75, 3.05) is 6.54 Å². The molecule has 108 valence electrons. The molecule has 1 aromatic carbocycles. The third-order valence-corrected chi connectivity index (χ3v) is 4.05. The number of hydrogen-bond acceptors (Lipinski definition) is 2. The summed E-state index contributed by atoms with van der Waals surface area (Å²) in [5.74, 6) is -1.58. The molecule has 0 radical (unpaired) electrons. The smallest absolute Gasteiger partial charge is 0.309 e. The molecule has 1 aliphatic rings. The topological polar surface area (TPSA) is 57.6 Å². The van der Waals surface area contributed by atoms with Gasteiger partial charge in [-0.2, -0.15) is 0 Å². The van der Waals surface area contributed by atoms with Gasteiger partial charge in [0, 0.05) is 13.0 Å². The minimum Gasteiger partial charge on any atom is -0.481 e. The molecule has 0 aromatic heterocycles. The molecule has 0 saturated carbocycles. The van der Waals surface area contributed by atoms with Crippen LogP contribution in [0.2, 0.25) is 0 Å². The highest BCUT2D eigenvalue weighted by Crippen LogP contribution is 2.40. The highest BCUT2D eigenvalue weighted by molar-refractivity contribution is 5.87. The number of benzene rings is 1. The molecule has 1 N–H and O–H groups in total. The summed E-state index contributed by atoms with van der Waals surface area (Å²) in [7, 11) is 0. The fourth-order valence-electron chi connectivity index (χ4n) is 3.17. The second-order valence-electron chi connectivity index (χ2n) is 5.49. The van der Waals surface area contributed by atoms with Crippen molar-refractivity contribution in [3.63, 3.8) is 0 Å². The number of nitrogens with zero attached hydrogens (tertiary/aromatic N) is 1. The predicted octanol–water partition coefficient (Wildman–Crippen LogP) is 2.69. The molecule has 2 atom stereocenters. The van der Waals surface area contributed by atoms with Gasteiger partial charge in [0.05, 0.1) is 12.0 Å². The lowest BCUT2D eigenvalue weighted by atomic mass is 9.88. The Morgan fingerprint density at radius 1 is 1.35 bits per heavy atom. The average Bonchev–Trinajstić information content (AvgIpc) is 2.68. The van der Waals surface area contributed by atoms with E-state index < -0.39 is 11.9 Å². The molecule has 1 aromatic rings. The number of aliphatic carboxylic acids is 1. The SMILES string of the molecule is CCCN1C(=O)CC(C(=O)O)C1c1c(C)cccc1C. The van der Waals surface area contributed by atoms with Gasteiger partial charge in [-0.15, -0.1) is 0 Å². The van der Waals surface area contributed by atoms with Gasteiger partial charge in [-0.3, -0.25) is 9.59 Å². The Morgan fingerprint density at radius 3 is 2.45 bits per heavy atom. The molecule has 1 amide bonds. The Kier molecular flexibility index (Phi) is 4.12. The van der Waals surface area contributed by atoms with Gasteiger partial charge in [0.15, 0.2) is 0 Å². The van der Waals surface area contributed by atoms with Gasteiger partial charge < -0.3 is 10.0 Å². The van der Waals surface area contributed by atoms with E-state index in [1.54, 1.807) is 4.90 Å². The Morgan fingerprint density at radius 2 is 1.95 bits per heavy atom. The molecule has 4 heteroatoms. The summed E-state index contributed by atoms with van der Waals surface area (Å²) in [5.41, 5.74) is 3.10. The second kappa shape index (κ2) is 5.65. The molecule has 4 nitrogen and oxygen atoms in total. The summed E-state index contributed by atoms with van der Waals surface area (Å²) in [6, 6.07) is 5.59. The number of carbonyl (C=O) groups is 2. The molecule has 1 aliphatic heterocycles. The van der Waals surface area contributed by atoms with Crippen molar-refractivity contribution in [3.8, 4) is 0 Å². The zero-order valence-corrected chi connectivity index (χ0v) is 12.2. The molecule has 2 rings (SSSR count). The first-order valence-electron chi connectivity index (χ1n) is 7.05. The lowest BCUT2D eigenvalue weighted by Crippen LogP contribution is -2.32. The lowest BCUT2D eigenvalue weighted by Gasteiger charge is -2.29. The van der Waals surface area contributed by atoms with Gasteiger partial charge >= 0.3 is 5.97 Å². The number of carboxylic acid groups (broad SMARTS) is 1. The van der Waals surface area contributed by atoms with E-state index in [9.17, 15) is 14.7 Å². The summed E-state index contributed by atoms with van der Waals surface area (Å²) in [6.45, 7) is 6.58. The van der Waals surface area contributed by atoms with Crippen LogP contribution < -0.4 is 0 Å². The minimum absolute atomic E-state index is 0.0492. The van der Waals surface area contributed by atoms with Gasteiger partial charge in [0.1, 0.15) is 0 Å². The molecule has 0 bridgehead atoms. The van der Waals surface area contributed by atoms with E-state index in [0.29, 0.717) is 6.54 Å². The summed E-state index contributed by atoms with van der Waals surface area (Å²) in [6.07, 6.45) is 0.938. The van der Waals surface area contributed by atoms with Gasteiger partial charge in [0.25, 0.3) is 0 Å². The van der Waals surface area contributed by atoms with Crippen LogP contribution in [-0.2, 0) is 9.59 Å². The van der Waals surface area contributed by atoms with E-state index in [1.165, 1.54) is 0 Å². The van der Waals surface area contributed by atoms with Crippen LogP contribution >= 0.6 is 0 Å². The Balaban J connectivity index is 2.52. The highest BCUT2D eigenvalue weighted by atomic mass is 16.4. The highest BCUT2D eigenvalue weighted by Gasteiger charge is 2.45. The van der Waals surface area contributed by atoms with Crippen LogP contribution in [0, 0.1) is 19.8 Å². The molecule has 1 heterocycles. The van der Waals surface area contributed by atoms with E-state index >= 15 is 0 Å². The molecule has 0 aliphatic carbocycles. The van der Waals surface area contributed by atoms with Crippen molar-refractivity contribution < 1.29 is 14.7 Å². The zero-order chi connectivity index (χ0) is 14.9. The standard InChI is InChI=1S/C16H21NO3/c1-4-8-17-13(18)9-12(16(19)20)15(17)14-10(2)6-5-7-11(14)3/h5-7,12,15H,4,8-9H2,1-3H3,(H,19,20). The van der Waals surface area contributed by atoms with E-state index in [2.05, 4.69) is 0 Å². The second-order valence-corrected chi connectivity index (χ2v) is 5.49. The van der Waals surface area contributed by atoms with Crippen LogP contribution in [0.5, 0.6) is 0 Å². The van der Waals surface area contributed by atoms with E-state index in [-0.39, 0.29) is 18.4 Å². The first-order valence-corrected chi connectivity index (χ1v) is 7.05. The summed E-state index contributed by atoms with van der Waals surface area (Å²) >= 11 is 0. The van der Waals surface area contributed by atoms with Crippen LogP contribution in [-0.4, -0.2) is 28.4 Å². The predicted molar refractivity (Wildman–Crippen MR) is 76.4 cm³/mol. The number of rotatable bonds is 4. The Hall–Kier alpha value is -1.84. The maximum atomic E-state index is 12.1. The van der Waals surface area contributed by atoms with Crippen molar-refractivity contribution in [2.24, 2.45) is 5.92 Å². The molecular formula is C16H21NO3. The van der Waals surface area contributed by atoms with Gasteiger partial charge in [-0.25, -0.2) is 0 Å². The quantitative estimate of drug-likeness (QED) is 0.919. The lowest BCUT2D eigenvalue weighted by molar-refractivity contribution is -0.142. The van der Waals surface area contributed by atoms with E-state index in [4.69, 9.17) is 0 Å². The molecule has 1 fully saturated rings. The van der Waals surface area contributed by atoms with Crippen molar-refractivity contribution in [3.05, 3.63) is 34.9 Å². The Labute approximate surface area is 119 Å². The van der Waals surface area contributed by atoms with Crippen LogP contribution in [0.1, 0.15) is 42.5 Å². The normalized spacial score (nSPS) is 22.4. The van der Waals surface area contributed by atoms with E-state index in [0.717, 1.165) is 23.1 Å². The third kappa shape index (κ3) is 2.42. The van der Waals surface area contributed by atoms with Crippen LogP contribution in [0.3, 0.4) is 0 Å². The van der Waals surface area contributed by atoms with Crippen LogP contribution in [0.4, 0.5) is 0 Å². The number of carbonyl (C=O) groups excluding carboxylic acids is 1. The maximum Gasteiger partial charge on any atom is 0.309 e. The maximum absolute atomic E-state index is 12.1. The molecule has 1 saturated heterocycles. The van der Waals surface area contributed by atoms with Crippen LogP contribution in [0.25, 0.3) is 0 Å². The molecule has 20 heavy (non-hydrogen) atoms. The molecule has 0 spiro atoms. The van der Waals surface area contributed by atoms with Crippen molar-refractivity contribution >= 4 is 11.9 Å². The average molecular weight is 275 g/mol. The first-order chi connectivity index (χ1) is 9.47. The zero-order valence-electron chi connectivity index (χ0n) is 12.2. The molecular weight excluding hydrogens is 254 g/mol. The number of hydrogen-bond donors (Lipinski definition) is 1. The fraction of sp³-hybridized carbons (Fsp3) is 0.500. The fourth-order valence-corrected chi connectivity index (χ4v) is 3.17. The Bertz CT molecular complexity index is 518. The first kappa shape index (κ1) is 14.6. The number of carboxylic acids is 1. The largest absolute Gasteiger partial charge is 0.481 e. The molecule has 2 unspecified atom stereocenters. The number of likely N-dealkylation sites (tertiary alicyclic amines) is 1. The summed E-state index contributed by atoms with van der Waals surface area (Å²) in [5, 5.41) is 9.45. The number of amides is 1. The number of aryl methyl sites for hydroxylation is 2. The summed E-state index contributed by atoms with van der Waals surface area (Å²) < 4.78 is 0. The van der Waals surface area contributed by atoms with Gasteiger partial charge in [0.2, 0.25) is 5.91 Å². The monoisotopic (exact) mass is 275 g/mol. The minimum atomic E-state index is -0.885.